The summed E-state index contributed by atoms with van der Waals surface area (Å²) in [5.74, 6) is -1.01. The Morgan fingerprint density at radius 3 is 2.18 bits per heavy atom. The predicted molar refractivity (Wildman–Crippen MR) is 101 cm³/mol. The van der Waals surface area contributed by atoms with Crippen molar-refractivity contribution < 1.29 is 28.7 Å². The normalized spacial score (nSPS) is 20.2. The minimum atomic E-state index is -1.07. The third-order valence-electron chi connectivity index (χ3n) is 5.00. The fourth-order valence-electron chi connectivity index (χ4n) is 3.52. The number of hydrogen-bond donors (Lipinski definition) is 0. The molecule has 0 radical (unpaired) electrons. The molecular formula is C19H26N2O7. The van der Waals surface area contributed by atoms with E-state index in [-0.39, 0.29) is 35.1 Å². The van der Waals surface area contributed by atoms with Crippen LogP contribution in [0.25, 0.3) is 0 Å². The Morgan fingerprint density at radius 2 is 1.68 bits per heavy atom. The van der Waals surface area contributed by atoms with E-state index in [0.29, 0.717) is 0 Å². The van der Waals surface area contributed by atoms with Crippen molar-refractivity contribution in [3.05, 3.63) is 27.8 Å². The highest BCUT2D eigenvalue weighted by atomic mass is 16.6. The van der Waals surface area contributed by atoms with Crippen molar-refractivity contribution >= 4 is 17.6 Å². The van der Waals surface area contributed by atoms with Crippen LogP contribution in [0.3, 0.4) is 0 Å². The van der Waals surface area contributed by atoms with Gasteiger partial charge < -0.3 is 19.1 Å². The molecule has 1 fully saturated rings. The number of likely N-dealkylation sites (tertiary alicyclic amines) is 1. The molecule has 0 saturated carbocycles. The first kappa shape index (κ1) is 21.5. The summed E-state index contributed by atoms with van der Waals surface area (Å²) in [6, 6.07) is 2.37. The number of rotatable bonds is 6. The number of carbonyl (C=O) groups is 2. The van der Waals surface area contributed by atoms with Gasteiger partial charge in [0.15, 0.2) is 17.6 Å². The molecular weight excluding hydrogens is 368 g/mol. The van der Waals surface area contributed by atoms with Gasteiger partial charge in [0.25, 0.3) is 11.6 Å². The van der Waals surface area contributed by atoms with Gasteiger partial charge in [0.05, 0.1) is 25.2 Å². The van der Waals surface area contributed by atoms with Crippen LogP contribution >= 0.6 is 0 Å². The summed E-state index contributed by atoms with van der Waals surface area (Å²) in [5.41, 5.74) is -0.788. The summed E-state index contributed by atoms with van der Waals surface area (Å²) in [5, 5.41) is 11.4. The van der Waals surface area contributed by atoms with Crippen LogP contribution in [-0.2, 0) is 9.53 Å². The molecule has 0 aliphatic carbocycles. The second-order valence-corrected chi connectivity index (χ2v) is 6.90. The number of esters is 1. The van der Waals surface area contributed by atoms with Gasteiger partial charge in [-0.3, -0.25) is 14.9 Å². The van der Waals surface area contributed by atoms with E-state index in [1.54, 1.807) is 4.90 Å². The molecule has 0 aromatic heterocycles. The minimum absolute atomic E-state index is 0.0489. The SMILES string of the molecule is COc1cc(C(=O)O[C@H](C)C(=O)N2[C@H](C)CCC[C@H]2C)c([N+](=O)[O-])cc1OC. The van der Waals surface area contributed by atoms with Gasteiger partial charge in [-0.1, -0.05) is 0 Å². The summed E-state index contributed by atoms with van der Waals surface area (Å²) in [6.07, 6.45) is 1.75. The molecule has 9 nitrogen and oxygen atoms in total. The fourth-order valence-corrected chi connectivity index (χ4v) is 3.52. The molecule has 1 aromatic carbocycles. The molecule has 0 unspecified atom stereocenters. The number of hydrogen-bond acceptors (Lipinski definition) is 7. The lowest BCUT2D eigenvalue weighted by Crippen LogP contribution is -2.51. The lowest BCUT2D eigenvalue weighted by atomic mass is 9.97. The number of methoxy groups -OCH3 is 2. The van der Waals surface area contributed by atoms with Crippen LogP contribution in [0.5, 0.6) is 11.5 Å². The van der Waals surface area contributed by atoms with Crippen molar-refractivity contribution in [3.63, 3.8) is 0 Å². The van der Waals surface area contributed by atoms with Crippen LogP contribution in [0, 0.1) is 10.1 Å². The van der Waals surface area contributed by atoms with Crippen LogP contribution < -0.4 is 9.47 Å². The minimum Gasteiger partial charge on any atom is -0.493 e. The Kier molecular flexibility index (Phi) is 6.82. The van der Waals surface area contributed by atoms with E-state index < -0.39 is 22.7 Å². The molecule has 0 bridgehead atoms. The average molecular weight is 394 g/mol. The van der Waals surface area contributed by atoms with Crippen LogP contribution in [0.4, 0.5) is 5.69 Å². The monoisotopic (exact) mass is 394 g/mol. The molecule has 28 heavy (non-hydrogen) atoms. The molecule has 9 heteroatoms. The number of amides is 1. The van der Waals surface area contributed by atoms with Gasteiger partial charge in [-0.15, -0.1) is 0 Å². The summed E-state index contributed by atoms with van der Waals surface area (Å²) in [6.45, 7) is 5.39. The fraction of sp³-hybridized carbons (Fsp3) is 0.579. The van der Waals surface area contributed by atoms with Gasteiger partial charge in [0.1, 0.15) is 5.56 Å². The second-order valence-electron chi connectivity index (χ2n) is 6.90. The zero-order chi connectivity index (χ0) is 21.0. The van der Waals surface area contributed by atoms with Crippen molar-refractivity contribution in [2.45, 2.75) is 58.2 Å². The van der Waals surface area contributed by atoms with Crippen LogP contribution in [0.2, 0.25) is 0 Å². The molecule has 0 spiro atoms. The summed E-state index contributed by atoms with van der Waals surface area (Å²) in [7, 11) is 2.69. The summed E-state index contributed by atoms with van der Waals surface area (Å²) in [4.78, 5) is 37.8. The standard InChI is InChI=1S/C19H26N2O7/c1-11-7-6-8-12(2)20(11)18(22)13(3)28-19(23)14-9-16(26-4)17(27-5)10-15(14)21(24)25/h9-13H,6-8H2,1-5H3/t11-,12-,13-/m1/s1. The topological polar surface area (TPSA) is 108 Å². The highest BCUT2D eigenvalue weighted by Gasteiger charge is 2.34. The molecule has 1 aliphatic heterocycles. The van der Waals surface area contributed by atoms with E-state index in [4.69, 9.17) is 14.2 Å². The average Bonchev–Trinajstić information content (AvgIpc) is 2.66. The van der Waals surface area contributed by atoms with Crippen LogP contribution in [-0.4, -0.2) is 54.1 Å². The number of benzene rings is 1. The second kappa shape index (κ2) is 8.90. The lowest BCUT2D eigenvalue weighted by Gasteiger charge is -2.40. The summed E-state index contributed by atoms with van der Waals surface area (Å²) >= 11 is 0. The third kappa shape index (κ3) is 4.35. The maximum absolute atomic E-state index is 12.8. The van der Waals surface area contributed by atoms with Gasteiger partial charge in [-0.05, 0) is 40.0 Å². The number of nitro benzene ring substituents is 1. The molecule has 1 amide bonds. The zero-order valence-electron chi connectivity index (χ0n) is 16.8. The first-order valence-electron chi connectivity index (χ1n) is 9.14. The van der Waals surface area contributed by atoms with Crippen LogP contribution in [0.15, 0.2) is 12.1 Å². The Morgan fingerprint density at radius 1 is 1.14 bits per heavy atom. The number of piperidine rings is 1. The first-order valence-corrected chi connectivity index (χ1v) is 9.14. The quantitative estimate of drug-likeness (QED) is 0.414. The molecule has 3 atom stereocenters. The Balaban J connectivity index is 2.26. The molecule has 1 heterocycles. The Labute approximate surface area is 163 Å². The van der Waals surface area contributed by atoms with E-state index in [1.807, 2.05) is 13.8 Å². The van der Waals surface area contributed by atoms with Crippen molar-refractivity contribution in [3.8, 4) is 11.5 Å². The van der Waals surface area contributed by atoms with Gasteiger partial charge >= 0.3 is 5.97 Å². The van der Waals surface area contributed by atoms with E-state index in [1.165, 1.54) is 27.2 Å². The summed E-state index contributed by atoms with van der Waals surface area (Å²) < 4.78 is 15.4. The molecule has 1 aliphatic rings. The van der Waals surface area contributed by atoms with Gasteiger partial charge in [-0.25, -0.2) is 4.79 Å². The number of ether oxygens (including phenoxy) is 3. The lowest BCUT2D eigenvalue weighted by molar-refractivity contribution is -0.385. The third-order valence-corrected chi connectivity index (χ3v) is 5.00. The van der Waals surface area contributed by atoms with Crippen molar-refractivity contribution in [2.24, 2.45) is 0 Å². The first-order chi connectivity index (χ1) is 13.2. The van der Waals surface area contributed by atoms with Crippen LogP contribution in [0.1, 0.15) is 50.4 Å². The van der Waals surface area contributed by atoms with E-state index in [0.717, 1.165) is 25.3 Å². The number of nitrogens with zero attached hydrogens (tertiary/aromatic N) is 2. The number of nitro groups is 1. The molecule has 0 N–H and O–H groups in total. The zero-order valence-corrected chi connectivity index (χ0v) is 16.8. The Bertz CT molecular complexity index is 755. The van der Waals surface area contributed by atoms with E-state index >= 15 is 0 Å². The van der Waals surface area contributed by atoms with E-state index in [2.05, 4.69) is 0 Å². The maximum Gasteiger partial charge on any atom is 0.346 e. The van der Waals surface area contributed by atoms with Gasteiger partial charge in [0.2, 0.25) is 0 Å². The van der Waals surface area contributed by atoms with E-state index in [9.17, 15) is 19.7 Å². The highest BCUT2D eigenvalue weighted by molar-refractivity contribution is 5.96. The molecule has 1 saturated heterocycles. The van der Waals surface area contributed by atoms with Crippen molar-refractivity contribution in [1.82, 2.24) is 4.90 Å². The van der Waals surface area contributed by atoms with Gasteiger partial charge in [-0.2, -0.15) is 0 Å². The highest BCUT2D eigenvalue weighted by Crippen LogP contribution is 2.35. The van der Waals surface area contributed by atoms with Crippen molar-refractivity contribution in [1.29, 1.82) is 0 Å². The van der Waals surface area contributed by atoms with Gasteiger partial charge in [0, 0.05) is 18.2 Å². The Hall–Kier alpha value is -2.84. The number of carbonyl (C=O) groups excluding carboxylic acids is 2. The largest absolute Gasteiger partial charge is 0.493 e. The van der Waals surface area contributed by atoms with Crippen molar-refractivity contribution in [2.75, 3.05) is 14.2 Å². The smallest absolute Gasteiger partial charge is 0.346 e. The predicted octanol–water partition coefficient (Wildman–Crippen LogP) is 2.95. The molecule has 2 rings (SSSR count). The molecule has 154 valence electrons. The molecule has 1 aromatic rings. The maximum atomic E-state index is 12.8.